The number of aromatic nitrogens is 4. The molecular weight excluding hydrogens is 270 g/mol. The van der Waals surface area contributed by atoms with Crippen LogP contribution in [0, 0.1) is 0 Å². The van der Waals surface area contributed by atoms with Gasteiger partial charge in [-0.15, -0.1) is 0 Å². The molecule has 0 atom stereocenters. The minimum absolute atomic E-state index is 0.141. The van der Waals surface area contributed by atoms with Gasteiger partial charge in [0.2, 0.25) is 0 Å². The Hall–Kier alpha value is -2.15. The van der Waals surface area contributed by atoms with E-state index in [9.17, 15) is 4.79 Å². The average molecular weight is 282 g/mol. The van der Waals surface area contributed by atoms with E-state index in [4.69, 9.17) is 16.4 Å². The Morgan fingerprint density at radius 1 is 1.47 bits per heavy atom. The van der Waals surface area contributed by atoms with Crippen LogP contribution >= 0.6 is 11.6 Å². The molecule has 0 radical (unpaired) electrons. The number of nitrogens with zero attached hydrogens (tertiary/aromatic N) is 5. The molecule has 100 valence electrons. The van der Waals surface area contributed by atoms with E-state index >= 15 is 0 Å². The zero-order chi connectivity index (χ0) is 13.8. The highest BCUT2D eigenvalue weighted by molar-refractivity contribution is 6.31. The van der Waals surface area contributed by atoms with Crippen molar-refractivity contribution in [2.45, 2.75) is 13.5 Å². The van der Waals surface area contributed by atoms with Crippen LogP contribution in [0.4, 0.5) is 0 Å². The van der Waals surface area contributed by atoms with Gasteiger partial charge >= 0.3 is 5.69 Å². The summed E-state index contributed by atoms with van der Waals surface area (Å²) in [6.45, 7) is 1.88. The van der Waals surface area contributed by atoms with Gasteiger partial charge in [0.15, 0.2) is 0 Å². The van der Waals surface area contributed by atoms with Crippen LogP contribution in [0.25, 0.3) is 5.69 Å². The van der Waals surface area contributed by atoms with Crippen LogP contribution in [0.5, 0.6) is 0 Å². The number of tetrazole rings is 1. The van der Waals surface area contributed by atoms with E-state index < -0.39 is 0 Å². The van der Waals surface area contributed by atoms with Crippen LogP contribution in [-0.4, -0.2) is 26.0 Å². The molecule has 0 aliphatic heterocycles. The number of aryl methyl sites for hydroxylation is 1. The van der Waals surface area contributed by atoms with Gasteiger partial charge in [-0.2, -0.15) is 9.36 Å². The van der Waals surface area contributed by atoms with Gasteiger partial charge in [0.25, 0.3) is 0 Å². The SMILES string of the molecule is CC=NOCc1c(Cl)cccc1-n1nnn(C)c1=O. The largest absolute Gasteiger partial charge is 0.391 e. The molecule has 0 amide bonds. The van der Waals surface area contributed by atoms with Gasteiger partial charge in [0, 0.05) is 23.8 Å². The first-order valence-electron chi connectivity index (χ1n) is 5.52. The van der Waals surface area contributed by atoms with Gasteiger partial charge in [-0.1, -0.05) is 22.8 Å². The Morgan fingerprint density at radius 2 is 2.26 bits per heavy atom. The molecule has 0 unspecified atom stereocenters. The maximum Gasteiger partial charge on any atom is 0.368 e. The van der Waals surface area contributed by atoms with Crippen molar-refractivity contribution in [1.82, 2.24) is 19.8 Å². The van der Waals surface area contributed by atoms with Gasteiger partial charge in [0.05, 0.1) is 5.69 Å². The summed E-state index contributed by atoms with van der Waals surface area (Å²) in [6, 6.07) is 5.16. The third kappa shape index (κ3) is 2.65. The number of benzene rings is 1. The summed E-state index contributed by atoms with van der Waals surface area (Å²) < 4.78 is 2.30. The number of oxime groups is 1. The predicted octanol–water partition coefficient (Wildman–Crippen LogP) is 1.14. The van der Waals surface area contributed by atoms with Gasteiger partial charge in [-0.3, -0.25) is 0 Å². The third-order valence-corrected chi connectivity index (χ3v) is 2.79. The van der Waals surface area contributed by atoms with Gasteiger partial charge in [-0.25, -0.2) is 4.79 Å². The summed E-state index contributed by atoms with van der Waals surface area (Å²) in [5.74, 6) is 0. The highest BCUT2D eigenvalue weighted by Crippen LogP contribution is 2.22. The molecule has 8 heteroatoms. The molecule has 0 aliphatic rings. The lowest BCUT2D eigenvalue weighted by molar-refractivity contribution is 0.131. The molecule has 0 aliphatic carbocycles. The Bertz CT molecular complexity index is 661. The van der Waals surface area contributed by atoms with Crippen molar-refractivity contribution >= 4 is 17.8 Å². The summed E-state index contributed by atoms with van der Waals surface area (Å²) in [7, 11) is 1.52. The highest BCUT2D eigenvalue weighted by Gasteiger charge is 2.14. The zero-order valence-electron chi connectivity index (χ0n) is 10.4. The van der Waals surface area contributed by atoms with E-state index in [1.807, 2.05) is 0 Å². The minimum atomic E-state index is -0.359. The molecule has 0 bridgehead atoms. The van der Waals surface area contributed by atoms with Crippen molar-refractivity contribution in [2.75, 3.05) is 0 Å². The van der Waals surface area contributed by atoms with Crippen LogP contribution in [0.3, 0.4) is 0 Å². The van der Waals surface area contributed by atoms with E-state index in [0.29, 0.717) is 16.3 Å². The lowest BCUT2D eigenvalue weighted by Crippen LogP contribution is -2.23. The molecular formula is C11H12ClN5O2. The maximum atomic E-state index is 11.9. The first-order valence-corrected chi connectivity index (χ1v) is 5.89. The summed E-state index contributed by atoms with van der Waals surface area (Å²) in [6.07, 6.45) is 1.52. The van der Waals surface area contributed by atoms with Crippen molar-refractivity contribution in [2.24, 2.45) is 12.2 Å². The van der Waals surface area contributed by atoms with Gasteiger partial charge < -0.3 is 4.84 Å². The topological polar surface area (TPSA) is 74.3 Å². The van der Waals surface area contributed by atoms with Crippen LogP contribution in [0.15, 0.2) is 28.1 Å². The Balaban J connectivity index is 2.48. The molecule has 0 spiro atoms. The molecule has 0 saturated carbocycles. The van der Waals surface area contributed by atoms with Crippen molar-refractivity contribution in [3.8, 4) is 5.69 Å². The standard InChI is InChI=1S/C11H12ClN5O2/c1-3-13-19-7-8-9(12)5-4-6-10(8)17-11(18)16(2)14-15-17/h3-6H,7H2,1-2H3. The molecule has 1 aromatic carbocycles. The number of rotatable bonds is 4. The molecule has 0 N–H and O–H groups in total. The minimum Gasteiger partial charge on any atom is -0.391 e. The normalized spacial score (nSPS) is 11.1. The summed E-state index contributed by atoms with van der Waals surface area (Å²) in [4.78, 5) is 16.9. The zero-order valence-corrected chi connectivity index (χ0v) is 11.2. The van der Waals surface area contributed by atoms with Crippen molar-refractivity contribution < 1.29 is 4.84 Å². The van der Waals surface area contributed by atoms with E-state index in [1.54, 1.807) is 25.1 Å². The first kappa shape index (κ1) is 13.3. The second kappa shape index (κ2) is 5.66. The van der Waals surface area contributed by atoms with E-state index in [1.165, 1.54) is 17.9 Å². The van der Waals surface area contributed by atoms with E-state index in [0.717, 1.165) is 4.68 Å². The highest BCUT2D eigenvalue weighted by atomic mass is 35.5. The van der Waals surface area contributed by atoms with E-state index in [-0.39, 0.29) is 12.3 Å². The summed E-state index contributed by atoms with van der Waals surface area (Å²) in [5, 5.41) is 11.6. The average Bonchev–Trinajstić information content (AvgIpc) is 2.72. The fraction of sp³-hybridized carbons (Fsp3) is 0.273. The van der Waals surface area contributed by atoms with Crippen molar-refractivity contribution in [3.05, 3.63) is 39.3 Å². The number of hydrogen-bond donors (Lipinski definition) is 0. The quantitative estimate of drug-likeness (QED) is 0.622. The Morgan fingerprint density at radius 3 is 2.89 bits per heavy atom. The van der Waals surface area contributed by atoms with Gasteiger partial charge in [0.1, 0.15) is 6.61 Å². The second-order valence-corrected chi connectivity index (χ2v) is 4.08. The Kier molecular flexibility index (Phi) is 3.96. The van der Waals surface area contributed by atoms with Crippen LogP contribution in [0.1, 0.15) is 12.5 Å². The Labute approximate surface area is 114 Å². The first-order chi connectivity index (χ1) is 9.15. The maximum absolute atomic E-state index is 11.9. The second-order valence-electron chi connectivity index (χ2n) is 3.67. The molecule has 2 aromatic rings. The fourth-order valence-corrected chi connectivity index (χ4v) is 1.75. The molecule has 19 heavy (non-hydrogen) atoms. The molecule has 1 heterocycles. The van der Waals surface area contributed by atoms with Crippen LogP contribution in [-0.2, 0) is 18.5 Å². The van der Waals surface area contributed by atoms with Crippen molar-refractivity contribution in [1.29, 1.82) is 0 Å². The molecule has 0 fully saturated rings. The molecule has 2 rings (SSSR count). The molecule has 1 aromatic heterocycles. The smallest absolute Gasteiger partial charge is 0.368 e. The summed E-state index contributed by atoms with van der Waals surface area (Å²) in [5.41, 5.74) is 0.789. The van der Waals surface area contributed by atoms with Gasteiger partial charge in [-0.05, 0) is 29.5 Å². The molecule has 7 nitrogen and oxygen atoms in total. The van der Waals surface area contributed by atoms with Crippen molar-refractivity contribution in [3.63, 3.8) is 0 Å². The van der Waals surface area contributed by atoms with Crippen LogP contribution in [0.2, 0.25) is 5.02 Å². The van der Waals surface area contributed by atoms with Crippen LogP contribution < -0.4 is 5.69 Å². The monoisotopic (exact) mass is 281 g/mol. The number of halogens is 1. The lowest BCUT2D eigenvalue weighted by Gasteiger charge is -2.08. The number of hydrogen-bond acceptors (Lipinski definition) is 5. The summed E-state index contributed by atoms with van der Waals surface area (Å²) >= 11 is 6.12. The van der Waals surface area contributed by atoms with E-state index in [2.05, 4.69) is 15.6 Å². The third-order valence-electron chi connectivity index (χ3n) is 2.43. The predicted molar refractivity (Wildman–Crippen MR) is 70.6 cm³/mol. The molecule has 0 saturated heterocycles. The fourth-order valence-electron chi connectivity index (χ4n) is 1.53. The lowest BCUT2D eigenvalue weighted by atomic mass is 10.2.